The molecule has 2 heterocycles. The zero-order valence-electron chi connectivity index (χ0n) is 10.3. The Kier molecular flexibility index (Phi) is 3.85. The number of aliphatic hydroxyl groups is 1. The summed E-state index contributed by atoms with van der Waals surface area (Å²) in [5.41, 5.74) is 0. The van der Waals surface area contributed by atoms with Crippen LogP contribution < -0.4 is 0 Å². The molecule has 94 valence electrons. The molecule has 4 heteroatoms. The van der Waals surface area contributed by atoms with Crippen LogP contribution in [0, 0.1) is 5.92 Å². The Balaban J connectivity index is 1.95. The number of hydrogen-bond acceptors (Lipinski definition) is 4. The van der Waals surface area contributed by atoms with E-state index in [0.29, 0.717) is 12.5 Å². The van der Waals surface area contributed by atoms with Gasteiger partial charge in [0.05, 0.1) is 13.2 Å². The molecule has 0 aliphatic carbocycles. The fraction of sp³-hybridized carbons (Fsp3) is 1.00. The minimum Gasteiger partial charge on any atom is -0.394 e. The van der Waals surface area contributed by atoms with Gasteiger partial charge in [-0.1, -0.05) is 6.92 Å². The lowest BCUT2D eigenvalue weighted by Crippen LogP contribution is -2.47. The summed E-state index contributed by atoms with van der Waals surface area (Å²) in [6, 6.07) is 0. The first kappa shape index (κ1) is 12.3. The second-order valence-corrected chi connectivity index (χ2v) is 4.98. The molecule has 2 saturated heterocycles. The molecular formula is C12H23NO3. The zero-order valence-corrected chi connectivity index (χ0v) is 10.3. The van der Waals surface area contributed by atoms with Gasteiger partial charge in [0.15, 0.2) is 5.79 Å². The van der Waals surface area contributed by atoms with E-state index in [1.807, 2.05) is 6.92 Å². The predicted octanol–water partition coefficient (Wildman–Crippen LogP) is 0.842. The Bertz CT molecular complexity index is 236. The average Bonchev–Trinajstić information content (AvgIpc) is 2.73. The molecule has 4 nitrogen and oxygen atoms in total. The summed E-state index contributed by atoms with van der Waals surface area (Å²) in [7, 11) is 0. The lowest BCUT2D eigenvalue weighted by molar-refractivity contribution is -0.203. The maximum atomic E-state index is 9.08. The van der Waals surface area contributed by atoms with Crippen LogP contribution in [0.2, 0.25) is 0 Å². The number of rotatable bonds is 3. The second-order valence-electron chi connectivity index (χ2n) is 4.98. The summed E-state index contributed by atoms with van der Waals surface area (Å²) in [6.45, 7) is 8.12. The zero-order chi connectivity index (χ0) is 11.6. The van der Waals surface area contributed by atoms with Crippen LogP contribution in [0.3, 0.4) is 0 Å². The van der Waals surface area contributed by atoms with Crippen molar-refractivity contribution in [1.29, 1.82) is 0 Å². The summed E-state index contributed by atoms with van der Waals surface area (Å²) in [4.78, 5) is 2.44. The molecule has 1 N–H and O–H groups in total. The maximum absolute atomic E-state index is 9.08. The average molecular weight is 229 g/mol. The van der Waals surface area contributed by atoms with Gasteiger partial charge in [-0.2, -0.15) is 0 Å². The third kappa shape index (κ3) is 2.40. The Morgan fingerprint density at radius 1 is 1.50 bits per heavy atom. The summed E-state index contributed by atoms with van der Waals surface area (Å²) in [5.74, 6) is -0.0564. The number of aliphatic hydroxyl groups excluding tert-OH is 1. The summed E-state index contributed by atoms with van der Waals surface area (Å²) in [5, 5.41) is 9.08. The third-order valence-corrected chi connectivity index (χ3v) is 3.85. The van der Waals surface area contributed by atoms with Gasteiger partial charge in [-0.25, -0.2) is 0 Å². The standard InChI is InChI=1S/C12H23NO3/c1-3-13-6-4-5-10(7-13)12(2)15-9-11(8-14)16-12/h10-11,14H,3-9H2,1-2H3. The van der Waals surface area contributed by atoms with Gasteiger partial charge < -0.3 is 19.5 Å². The largest absolute Gasteiger partial charge is 0.394 e. The van der Waals surface area contributed by atoms with Crippen molar-refractivity contribution in [1.82, 2.24) is 4.90 Å². The molecule has 0 saturated carbocycles. The maximum Gasteiger partial charge on any atom is 0.170 e. The van der Waals surface area contributed by atoms with Crippen LogP contribution in [0.5, 0.6) is 0 Å². The molecule has 0 radical (unpaired) electrons. The highest BCUT2D eigenvalue weighted by atomic mass is 16.7. The number of piperidine rings is 1. The van der Waals surface area contributed by atoms with Crippen molar-refractivity contribution in [3.05, 3.63) is 0 Å². The topological polar surface area (TPSA) is 41.9 Å². The molecule has 2 aliphatic rings. The van der Waals surface area contributed by atoms with Crippen molar-refractivity contribution in [3.8, 4) is 0 Å². The van der Waals surface area contributed by atoms with Gasteiger partial charge in [0.1, 0.15) is 6.10 Å². The van der Waals surface area contributed by atoms with E-state index in [0.717, 1.165) is 19.5 Å². The van der Waals surface area contributed by atoms with Gasteiger partial charge in [0.2, 0.25) is 0 Å². The predicted molar refractivity (Wildman–Crippen MR) is 61.2 cm³/mol. The van der Waals surface area contributed by atoms with Gasteiger partial charge in [0, 0.05) is 12.5 Å². The van der Waals surface area contributed by atoms with E-state index in [9.17, 15) is 0 Å². The quantitative estimate of drug-likeness (QED) is 0.779. The van der Waals surface area contributed by atoms with Gasteiger partial charge in [-0.3, -0.25) is 0 Å². The second kappa shape index (κ2) is 5.00. The summed E-state index contributed by atoms with van der Waals surface area (Å²) < 4.78 is 11.6. The van der Waals surface area contributed by atoms with Crippen LogP contribution in [0.1, 0.15) is 26.7 Å². The fourth-order valence-corrected chi connectivity index (χ4v) is 2.73. The van der Waals surface area contributed by atoms with Gasteiger partial charge in [-0.15, -0.1) is 0 Å². The Morgan fingerprint density at radius 3 is 2.94 bits per heavy atom. The van der Waals surface area contributed by atoms with Crippen molar-refractivity contribution >= 4 is 0 Å². The molecule has 0 aromatic carbocycles. The highest BCUT2D eigenvalue weighted by Crippen LogP contribution is 2.35. The lowest BCUT2D eigenvalue weighted by Gasteiger charge is -2.39. The van der Waals surface area contributed by atoms with Gasteiger partial charge >= 0.3 is 0 Å². The van der Waals surface area contributed by atoms with Crippen molar-refractivity contribution in [2.24, 2.45) is 5.92 Å². The van der Waals surface area contributed by atoms with Gasteiger partial charge in [0.25, 0.3) is 0 Å². The minimum atomic E-state index is -0.485. The normalized spacial score (nSPS) is 41.4. The Labute approximate surface area is 97.5 Å². The Hall–Kier alpha value is -0.160. The van der Waals surface area contributed by atoms with Crippen LogP contribution in [0.4, 0.5) is 0 Å². The third-order valence-electron chi connectivity index (χ3n) is 3.85. The monoisotopic (exact) mass is 229 g/mol. The van der Waals surface area contributed by atoms with Crippen molar-refractivity contribution in [2.45, 2.75) is 38.6 Å². The first-order valence-corrected chi connectivity index (χ1v) is 6.33. The fourth-order valence-electron chi connectivity index (χ4n) is 2.73. The number of ether oxygens (including phenoxy) is 2. The van der Waals surface area contributed by atoms with Crippen molar-refractivity contribution in [2.75, 3.05) is 32.8 Å². The summed E-state index contributed by atoms with van der Waals surface area (Å²) >= 11 is 0. The molecule has 3 unspecified atom stereocenters. The minimum absolute atomic E-state index is 0.0554. The molecule has 2 aliphatic heterocycles. The first-order valence-electron chi connectivity index (χ1n) is 6.33. The van der Waals surface area contributed by atoms with Crippen molar-refractivity contribution in [3.63, 3.8) is 0 Å². The van der Waals surface area contributed by atoms with Crippen LogP contribution >= 0.6 is 0 Å². The van der Waals surface area contributed by atoms with E-state index in [-0.39, 0.29) is 12.7 Å². The van der Waals surface area contributed by atoms with Crippen LogP contribution in [0.25, 0.3) is 0 Å². The highest BCUT2D eigenvalue weighted by Gasteiger charge is 2.44. The molecule has 0 spiro atoms. The lowest BCUT2D eigenvalue weighted by atomic mass is 9.90. The molecule has 3 atom stereocenters. The summed E-state index contributed by atoms with van der Waals surface area (Å²) in [6.07, 6.45) is 2.23. The van der Waals surface area contributed by atoms with E-state index in [1.54, 1.807) is 0 Å². The molecular weight excluding hydrogens is 206 g/mol. The number of likely N-dealkylation sites (tertiary alicyclic amines) is 1. The van der Waals surface area contributed by atoms with Gasteiger partial charge in [-0.05, 0) is 32.9 Å². The van der Waals surface area contributed by atoms with E-state index < -0.39 is 5.79 Å². The molecule has 16 heavy (non-hydrogen) atoms. The molecule has 2 rings (SSSR count). The molecule has 0 bridgehead atoms. The molecule has 0 aromatic rings. The number of nitrogens with zero attached hydrogens (tertiary/aromatic N) is 1. The first-order chi connectivity index (χ1) is 7.68. The number of hydrogen-bond donors (Lipinski definition) is 1. The van der Waals surface area contributed by atoms with E-state index in [2.05, 4.69) is 11.8 Å². The van der Waals surface area contributed by atoms with E-state index in [4.69, 9.17) is 14.6 Å². The SMILES string of the molecule is CCN1CCCC(C2(C)OCC(CO)O2)C1. The van der Waals surface area contributed by atoms with Crippen LogP contribution in [0.15, 0.2) is 0 Å². The molecule has 0 amide bonds. The highest BCUT2D eigenvalue weighted by molar-refractivity contribution is 4.86. The van der Waals surface area contributed by atoms with Crippen LogP contribution in [-0.2, 0) is 9.47 Å². The molecule has 2 fully saturated rings. The molecule has 0 aromatic heterocycles. The Morgan fingerprint density at radius 2 is 2.31 bits per heavy atom. The van der Waals surface area contributed by atoms with Crippen molar-refractivity contribution < 1.29 is 14.6 Å². The van der Waals surface area contributed by atoms with E-state index >= 15 is 0 Å². The van der Waals surface area contributed by atoms with E-state index in [1.165, 1.54) is 13.0 Å². The van der Waals surface area contributed by atoms with Crippen LogP contribution in [-0.4, -0.2) is 54.7 Å². The smallest absolute Gasteiger partial charge is 0.170 e.